The molecule has 18 heteroatoms. The van der Waals surface area contributed by atoms with Gasteiger partial charge in [-0.15, -0.1) is 0 Å². The van der Waals surface area contributed by atoms with Gasteiger partial charge in [0.1, 0.15) is 25.4 Å². The van der Waals surface area contributed by atoms with Crippen molar-refractivity contribution in [2.75, 3.05) is 39.6 Å². The molecule has 0 aliphatic carbocycles. The van der Waals surface area contributed by atoms with Crippen LogP contribution in [-0.2, 0) is 55.8 Å². The van der Waals surface area contributed by atoms with Crippen molar-refractivity contribution in [3.8, 4) is 0 Å². The van der Waals surface area contributed by atoms with Crippen LogP contribution in [0.2, 0.25) is 0 Å². The number of unbranched alkanes of at least 4 members (excludes halogenated alkanes) is 11. The fourth-order valence-corrected chi connectivity index (χ4v) is 8.86. The first kappa shape index (κ1) is 78.7. The fourth-order valence-electron chi connectivity index (χ4n) is 7.28. The standard InChI is InChI=1S/C65H106O16P2/c1-4-7-10-13-16-19-22-25-28-29-32-34-36-39-42-45-48-51-63(68)75-54-60(66)55-77-82(71,72)78-56-61(67)57-79-83(73,74)80-59-62(81-65(70)53-50-47-44-41-38-35-31-27-24-21-18-15-12-9-6-3)58-76-64(69)52-49-46-43-40-37-33-30-26-23-20-17-14-11-8-5-2/h7-12,16-21,25-28,30-32,34,39,42,60-62,66-67H,4-6,13-15,22-24,29,33,35-38,40-41,43-59H2,1-3H3,(H,71,72)(H,73,74)/b10-7-,11-8-,12-9-,19-16-,20-17-,21-18-,28-25-,30-26-,31-27-,34-32-,42-39-. The molecule has 0 fully saturated rings. The summed E-state index contributed by atoms with van der Waals surface area (Å²) in [5, 5.41) is 20.5. The normalized spacial score (nSPS) is 15.3. The molecule has 0 heterocycles. The Morgan fingerprint density at radius 2 is 0.614 bits per heavy atom. The molecule has 0 aromatic heterocycles. The first-order chi connectivity index (χ1) is 40.2. The Balaban J connectivity index is 4.79. The van der Waals surface area contributed by atoms with Crippen molar-refractivity contribution in [3.05, 3.63) is 134 Å². The average molecular weight is 1210 g/mol. The Kier molecular flexibility index (Phi) is 55.1. The van der Waals surface area contributed by atoms with E-state index in [-0.39, 0.29) is 19.3 Å². The van der Waals surface area contributed by atoms with Gasteiger partial charge in [0.25, 0.3) is 0 Å². The number of hydrogen-bond donors (Lipinski definition) is 4. The number of carbonyl (C=O) groups is 3. The number of phosphoric acid groups is 2. The predicted molar refractivity (Wildman–Crippen MR) is 334 cm³/mol. The molecule has 0 aromatic rings. The third-order valence-electron chi connectivity index (χ3n) is 11.9. The van der Waals surface area contributed by atoms with Gasteiger partial charge >= 0.3 is 33.6 Å². The van der Waals surface area contributed by atoms with Crippen LogP contribution in [0, 0.1) is 0 Å². The minimum absolute atomic E-state index is 0.0751. The molecule has 0 spiro atoms. The second kappa shape index (κ2) is 58.1. The zero-order chi connectivity index (χ0) is 61.0. The SMILES string of the molecule is CC/C=C\C/C=C\C/C=C\C/C=C\C/C=C\CCCC(=O)OCC(O)COP(=O)(O)OCC(O)COP(=O)(O)OCC(COC(=O)CCCCCCC/C=C\C/C=C\C/C=C\CC)OC(=O)CCCCCCC/C=C\C/C=C\C/C=C\CC. The molecule has 472 valence electrons. The molecule has 0 saturated heterocycles. The lowest BCUT2D eigenvalue weighted by molar-refractivity contribution is -0.161. The molecule has 0 rings (SSSR count). The summed E-state index contributed by atoms with van der Waals surface area (Å²) in [6, 6.07) is 0. The fraction of sp³-hybridized carbons (Fsp3) is 0.615. The van der Waals surface area contributed by atoms with E-state index in [1.54, 1.807) is 0 Å². The number of aliphatic hydroxyl groups excluding tert-OH is 2. The third-order valence-corrected chi connectivity index (χ3v) is 13.8. The summed E-state index contributed by atoms with van der Waals surface area (Å²) in [5.41, 5.74) is 0. The molecule has 0 aliphatic heterocycles. The molecule has 83 heavy (non-hydrogen) atoms. The Bertz CT molecular complexity index is 2050. The number of phosphoric ester groups is 2. The van der Waals surface area contributed by atoms with E-state index in [1.165, 1.54) is 0 Å². The summed E-state index contributed by atoms with van der Waals surface area (Å²) >= 11 is 0. The Labute approximate surface area is 499 Å². The number of rotatable bonds is 56. The quantitative estimate of drug-likeness (QED) is 0.0146. The van der Waals surface area contributed by atoms with Crippen LogP contribution in [0.4, 0.5) is 0 Å². The predicted octanol–water partition coefficient (Wildman–Crippen LogP) is 16.1. The summed E-state index contributed by atoms with van der Waals surface area (Å²) in [6.07, 6.45) is 65.3. The van der Waals surface area contributed by atoms with Gasteiger partial charge in [-0.1, -0.05) is 193 Å². The summed E-state index contributed by atoms with van der Waals surface area (Å²) in [7, 11) is -9.80. The smallest absolute Gasteiger partial charge is 0.463 e. The second-order valence-corrected chi connectivity index (χ2v) is 22.6. The van der Waals surface area contributed by atoms with E-state index in [9.17, 15) is 43.5 Å². The van der Waals surface area contributed by atoms with Crippen LogP contribution in [0.25, 0.3) is 0 Å². The van der Waals surface area contributed by atoms with E-state index in [4.69, 9.17) is 32.3 Å². The van der Waals surface area contributed by atoms with Gasteiger partial charge < -0.3 is 34.2 Å². The Morgan fingerprint density at radius 3 is 1.00 bits per heavy atom. The van der Waals surface area contributed by atoms with E-state index < -0.39 is 91.5 Å². The minimum atomic E-state index is -4.94. The summed E-state index contributed by atoms with van der Waals surface area (Å²) in [4.78, 5) is 58.1. The topological polar surface area (TPSA) is 231 Å². The van der Waals surface area contributed by atoms with Gasteiger partial charge in [0.05, 0.1) is 26.4 Å². The van der Waals surface area contributed by atoms with Crippen molar-refractivity contribution in [2.24, 2.45) is 0 Å². The zero-order valence-electron chi connectivity index (χ0n) is 50.6. The molecule has 4 N–H and O–H groups in total. The Morgan fingerprint density at radius 1 is 0.337 bits per heavy atom. The van der Waals surface area contributed by atoms with Crippen LogP contribution in [0.5, 0.6) is 0 Å². The summed E-state index contributed by atoms with van der Waals surface area (Å²) in [5.74, 6) is -1.68. The second-order valence-electron chi connectivity index (χ2n) is 19.7. The number of ether oxygens (including phenoxy) is 3. The van der Waals surface area contributed by atoms with Crippen LogP contribution in [0.15, 0.2) is 134 Å². The van der Waals surface area contributed by atoms with Gasteiger partial charge in [-0.05, 0) is 122 Å². The lowest BCUT2D eigenvalue weighted by Gasteiger charge is -2.21. The summed E-state index contributed by atoms with van der Waals surface area (Å²) < 4.78 is 60.6. The van der Waals surface area contributed by atoms with Crippen LogP contribution in [-0.4, -0.2) is 95.9 Å². The molecular formula is C65H106O16P2. The maximum atomic E-state index is 12.9. The number of hydrogen-bond acceptors (Lipinski definition) is 14. The van der Waals surface area contributed by atoms with Crippen molar-refractivity contribution >= 4 is 33.6 Å². The van der Waals surface area contributed by atoms with Crippen molar-refractivity contribution in [3.63, 3.8) is 0 Å². The molecular weight excluding hydrogens is 1100 g/mol. The monoisotopic (exact) mass is 1200 g/mol. The first-order valence-corrected chi connectivity index (χ1v) is 33.5. The van der Waals surface area contributed by atoms with E-state index >= 15 is 0 Å². The molecule has 0 bridgehead atoms. The van der Waals surface area contributed by atoms with Crippen molar-refractivity contribution in [1.82, 2.24) is 0 Å². The number of aliphatic hydroxyl groups is 2. The zero-order valence-corrected chi connectivity index (χ0v) is 52.3. The van der Waals surface area contributed by atoms with Gasteiger partial charge in [0.2, 0.25) is 0 Å². The van der Waals surface area contributed by atoms with Crippen LogP contribution in [0.1, 0.15) is 201 Å². The molecule has 16 nitrogen and oxygen atoms in total. The van der Waals surface area contributed by atoms with Gasteiger partial charge in [-0.2, -0.15) is 0 Å². The largest absolute Gasteiger partial charge is 0.472 e. The van der Waals surface area contributed by atoms with E-state index in [0.29, 0.717) is 25.7 Å². The van der Waals surface area contributed by atoms with Crippen molar-refractivity contribution in [2.45, 2.75) is 219 Å². The molecule has 0 aromatic carbocycles. The first-order valence-electron chi connectivity index (χ1n) is 30.5. The maximum absolute atomic E-state index is 12.9. The lowest BCUT2D eigenvalue weighted by atomic mass is 10.1. The number of allylic oxidation sites excluding steroid dienone is 22. The van der Waals surface area contributed by atoms with Crippen LogP contribution >= 0.6 is 15.6 Å². The van der Waals surface area contributed by atoms with Crippen LogP contribution in [0.3, 0.4) is 0 Å². The molecule has 0 saturated carbocycles. The molecule has 0 radical (unpaired) electrons. The molecule has 0 aliphatic rings. The highest BCUT2D eigenvalue weighted by atomic mass is 31.2. The van der Waals surface area contributed by atoms with Crippen molar-refractivity contribution < 1.29 is 75.8 Å². The van der Waals surface area contributed by atoms with Gasteiger partial charge in [-0.3, -0.25) is 32.5 Å². The average Bonchev–Trinajstić information content (AvgIpc) is 3.47. The molecule has 0 amide bonds. The number of esters is 3. The summed E-state index contributed by atoms with van der Waals surface area (Å²) in [6.45, 7) is 2.17. The highest BCUT2D eigenvalue weighted by Gasteiger charge is 2.29. The lowest BCUT2D eigenvalue weighted by Crippen LogP contribution is -2.30. The molecule has 5 atom stereocenters. The van der Waals surface area contributed by atoms with E-state index in [1.807, 2.05) is 12.2 Å². The minimum Gasteiger partial charge on any atom is -0.463 e. The van der Waals surface area contributed by atoms with Gasteiger partial charge in [0.15, 0.2) is 6.10 Å². The third kappa shape index (κ3) is 59.2. The highest BCUT2D eigenvalue weighted by molar-refractivity contribution is 7.47. The van der Waals surface area contributed by atoms with E-state index in [2.05, 4.69) is 142 Å². The Hall–Kier alpha value is -4.31. The maximum Gasteiger partial charge on any atom is 0.472 e. The van der Waals surface area contributed by atoms with Crippen molar-refractivity contribution in [1.29, 1.82) is 0 Å². The van der Waals surface area contributed by atoms with Gasteiger partial charge in [-0.25, -0.2) is 9.13 Å². The van der Waals surface area contributed by atoms with Gasteiger partial charge in [0, 0.05) is 19.3 Å². The van der Waals surface area contributed by atoms with Crippen LogP contribution < -0.4 is 0 Å². The molecule has 5 unspecified atom stereocenters. The highest BCUT2D eigenvalue weighted by Crippen LogP contribution is 2.45. The van der Waals surface area contributed by atoms with E-state index in [0.717, 1.165) is 135 Å². The number of carbonyl (C=O) groups excluding carboxylic acids is 3.